The van der Waals surface area contributed by atoms with Gasteiger partial charge in [-0.3, -0.25) is 4.90 Å². The van der Waals surface area contributed by atoms with E-state index in [1.165, 1.54) is 24.8 Å². The number of para-hydroxylation sites is 2. The average molecular weight is 364 g/mol. The summed E-state index contributed by atoms with van der Waals surface area (Å²) in [5, 5.41) is 6.94. The number of carbonyl (C=O) groups is 1. The maximum Gasteiger partial charge on any atom is 0.322 e. The zero-order valence-electron chi connectivity index (χ0n) is 16.0. The second-order valence-corrected chi connectivity index (χ2v) is 7.86. The predicted octanol–water partition coefficient (Wildman–Crippen LogP) is 5.48. The highest BCUT2D eigenvalue weighted by Crippen LogP contribution is 2.39. The fourth-order valence-corrected chi connectivity index (χ4v) is 4.49. The Labute approximate surface area is 162 Å². The summed E-state index contributed by atoms with van der Waals surface area (Å²) < 4.78 is 0. The van der Waals surface area contributed by atoms with E-state index in [4.69, 9.17) is 0 Å². The van der Waals surface area contributed by atoms with Crippen LogP contribution >= 0.6 is 0 Å². The monoisotopic (exact) mass is 363 g/mol. The van der Waals surface area contributed by atoms with Crippen molar-refractivity contribution in [3.8, 4) is 0 Å². The molecule has 2 atom stereocenters. The SMILES string of the molecule is CC1CC(Nc2ccccc2)c2ccccc2N1C(=O)NC1CCCCC1. The van der Waals surface area contributed by atoms with Crippen molar-refractivity contribution >= 4 is 17.4 Å². The summed E-state index contributed by atoms with van der Waals surface area (Å²) in [6, 6.07) is 19.3. The topological polar surface area (TPSA) is 44.4 Å². The molecular weight excluding hydrogens is 334 g/mol. The molecule has 1 heterocycles. The molecule has 2 amide bonds. The van der Waals surface area contributed by atoms with Gasteiger partial charge in [0.05, 0.1) is 11.7 Å². The van der Waals surface area contributed by atoms with Gasteiger partial charge in [0, 0.05) is 17.8 Å². The van der Waals surface area contributed by atoms with Crippen molar-refractivity contribution in [1.82, 2.24) is 5.32 Å². The van der Waals surface area contributed by atoms with Crippen molar-refractivity contribution in [3.05, 3.63) is 60.2 Å². The molecule has 4 rings (SSSR count). The van der Waals surface area contributed by atoms with E-state index >= 15 is 0 Å². The van der Waals surface area contributed by atoms with Crippen LogP contribution in [0.25, 0.3) is 0 Å². The minimum atomic E-state index is 0.0556. The first-order valence-corrected chi connectivity index (χ1v) is 10.2. The Morgan fingerprint density at radius 3 is 2.44 bits per heavy atom. The molecule has 0 spiro atoms. The quantitative estimate of drug-likeness (QED) is 0.758. The number of amides is 2. The summed E-state index contributed by atoms with van der Waals surface area (Å²) in [6.07, 6.45) is 6.84. The molecule has 1 saturated carbocycles. The fourth-order valence-electron chi connectivity index (χ4n) is 4.49. The highest BCUT2D eigenvalue weighted by atomic mass is 16.2. The van der Waals surface area contributed by atoms with Crippen molar-refractivity contribution in [1.29, 1.82) is 0 Å². The van der Waals surface area contributed by atoms with Gasteiger partial charge in [-0.2, -0.15) is 0 Å². The molecule has 2 unspecified atom stereocenters. The van der Waals surface area contributed by atoms with Gasteiger partial charge in [0.2, 0.25) is 0 Å². The highest BCUT2D eigenvalue weighted by molar-refractivity contribution is 5.94. The lowest BCUT2D eigenvalue weighted by Crippen LogP contribution is -2.51. The van der Waals surface area contributed by atoms with Gasteiger partial charge in [-0.1, -0.05) is 55.7 Å². The molecular formula is C23H29N3O. The van der Waals surface area contributed by atoms with Crippen molar-refractivity contribution in [2.45, 2.75) is 63.6 Å². The van der Waals surface area contributed by atoms with Gasteiger partial charge in [-0.25, -0.2) is 4.79 Å². The summed E-state index contributed by atoms with van der Waals surface area (Å²) in [6.45, 7) is 2.15. The lowest BCUT2D eigenvalue weighted by Gasteiger charge is -2.40. The second-order valence-electron chi connectivity index (χ2n) is 7.86. The molecule has 4 nitrogen and oxygen atoms in total. The molecule has 1 fully saturated rings. The third kappa shape index (κ3) is 3.95. The summed E-state index contributed by atoms with van der Waals surface area (Å²) in [7, 11) is 0. The number of fused-ring (bicyclic) bond motifs is 1. The van der Waals surface area contributed by atoms with Gasteiger partial charge >= 0.3 is 6.03 Å². The van der Waals surface area contributed by atoms with Gasteiger partial charge in [0.1, 0.15) is 0 Å². The highest BCUT2D eigenvalue weighted by Gasteiger charge is 2.34. The van der Waals surface area contributed by atoms with E-state index < -0.39 is 0 Å². The lowest BCUT2D eigenvalue weighted by atomic mass is 9.91. The van der Waals surface area contributed by atoms with Crippen LogP contribution in [0.1, 0.15) is 57.1 Å². The van der Waals surface area contributed by atoms with Crippen LogP contribution in [-0.4, -0.2) is 18.1 Å². The van der Waals surface area contributed by atoms with Crippen LogP contribution in [0.3, 0.4) is 0 Å². The molecule has 1 aliphatic carbocycles. The average Bonchev–Trinajstić information content (AvgIpc) is 2.69. The van der Waals surface area contributed by atoms with E-state index in [9.17, 15) is 4.79 Å². The normalized spacial score (nSPS) is 22.8. The molecule has 2 aliphatic rings. The molecule has 2 aromatic carbocycles. The van der Waals surface area contributed by atoms with Crippen LogP contribution in [-0.2, 0) is 0 Å². The van der Waals surface area contributed by atoms with Crippen LogP contribution < -0.4 is 15.5 Å². The number of urea groups is 1. The van der Waals surface area contributed by atoms with Crippen LogP contribution in [0.5, 0.6) is 0 Å². The Kier molecular flexibility index (Phi) is 5.33. The molecule has 0 radical (unpaired) electrons. The van der Waals surface area contributed by atoms with Gasteiger partial charge in [-0.05, 0) is 49.9 Å². The molecule has 142 valence electrons. The van der Waals surface area contributed by atoms with Gasteiger partial charge in [0.25, 0.3) is 0 Å². The fraction of sp³-hybridized carbons (Fsp3) is 0.435. The largest absolute Gasteiger partial charge is 0.378 e. The van der Waals surface area contributed by atoms with Gasteiger partial charge < -0.3 is 10.6 Å². The minimum absolute atomic E-state index is 0.0556. The van der Waals surface area contributed by atoms with Crippen LogP contribution in [0, 0.1) is 0 Å². The molecule has 1 aliphatic heterocycles. The first-order chi connectivity index (χ1) is 13.2. The molecule has 27 heavy (non-hydrogen) atoms. The van der Waals surface area contributed by atoms with E-state index in [1.54, 1.807) is 0 Å². The van der Waals surface area contributed by atoms with Crippen molar-refractivity contribution in [2.24, 2.45) is 0 Å². The van der Waals surface area contributed by atoms with Crippen molar-refractivity contribution in [3.63, 3.8) is 0 Å². The van der Waals surface area contributed by atoms with E-state index in [0.717, 1.165) is 30.6 Å². The molecule has 2 aromatic rings. The number of anilines is 2. The van der Waals surface area contributed by atoms with Gasteiger partial charge in [0.15, 0.2) is 0 Å². The standard InChI is InChI=1S/C23H29N3O/c1-17-16-21(24-18-10-4-2-5-11-18)20-14-8-9-15-22(20)26(17)23(27)25-19-12-6-3-7-13-19/h2,4-5,8-11,14-15,17,19,21,24H,3,6-7,12-13,16H2,1H3,(H,25,27). The predicted molar refractivity (Wildman–Crippen MR) is 111 cm³/mol. The van der Waals surface area contributed by atoms with E-state index in [1.807, 2.05) is 29.2 Å². The smallest absolute Gasteiger partial charge is 0.322 e. The Morgan fingerprint density at radius 2 is 1.67 bits per heavy atom. The van der Waals surface area contributed by atoms with Crippen LogP contribution in [0.2, 0.25) is 0 Å². The number of carbonyl (C=O) groups excluding carboxylic acids is 1. The third-order valence-corrected chi connectivity index (χ3v) is 5.86. The minimum Gasteiger partial charge on any atom is -0.378 e. The zero-order chi connectivity index (χ0) is 18.6. The molecule has 0 saturated heterocycles. The molecule has 0 bridgehead atoms. The number of nitrogens with zero attached hydrogens (tertiary/aromatic N) is 1. The van der Waals surface area contributed by atoms with E-state index in [-0.39, 0.29) is 18.1 Å². The number of rotatable bonds is 3. The Balaban J connectivity index is 1.56. The molecule has 4 heteroatoms. The number of hydrogen-bond donors (Lipinski definition) is 2. The number of nitrogens with one attached hydrogen (secondary N) is 2. The van der Waals surface area contributed by atoms with Crippen molar-refractivity contribution < 1.29 is 4.79 Å². The maximum absolute atomic E-state index is 13.1. The van der Waals surface area contributed by atoms with E-state index in [2.05, 4.69) is 47.9 Å². The Hall–Kier alpha value is -2.49. The Bertz CT molecular complexity index is 770. The third-order valence-electron chi connectivity index (χ3n) is 5.86. The zero-order valence-corrected chi connectivity index (χ0v) is 16.0. The van der Waals surface area contributed by atoms with Crippen molar-refractivity contribution in [2.75, 3.05) is 10.2 Å². The van der Waals surface area contributed by atoms with Gasteiger partial charge in [-0.15, -0.1) is 0 Å². The van der Waals surface area contributed by atoms with Crippen LogP contribution in [0.15, 0.2) is 54.6 Å². The maximum atomic E-state index is 13.1. The molecule has 2 N–H and O–H groups in total. The van der Waals surface area contributed by atoms with Crippen LogP contribution in [0.4, 0.5) is 16.2 Å². The second kappa shape index (κ2) is 8.03. The summed E-state index contributed by atoms with van der Waals surface area (Å²) in [4.78, 5) is 15.1. The summed E-state index contributed by atoms with van der Waals surface area (Å²) in [5.41, 5.74) is 3.33. The Morgan fingerprint density at radius 1 is 0.963 bits per heavy atom. The summed E-state index contributed by atoms with van der Waals surface area (Å²) in [5.74, 6) is 0. The van der Waals surface area contributed by atoms with E-state index in [0.29, 0.717) is 6.04 Å². The molecule has 0 aromatic heterocycles. The first kappa shape index (κ1) is 17.9. The number of benzene rings is 2. The summed E-state index contributed by atoms with van der Waals surface area (Å²) >= 11 is 0. The lowest BCUT2D eigenvalue weighted by molar-refractivity contribution is 0.235. The first-order valence-electron chi connectivity index (χ1n) is 10.2. The number of hydrogen-bond acceptors (Lipinski definition) is 2.